The number of ether oxygens (including phenoxy) is 4. The Morgan fingerprint density at radius 2 is 0.726 bits per heavy atom. The van der Waals surface area contributed by atoms with E-state index in [-0.39, 0.29) is 0 Å². The van der Waals surface area contributed by atoms with Crippen LogP contribution in [0.15, 0.2) is 98.1 Å². The second-order valence-corrected chi connectivity index (χ2v) is 16.9. The molecule has 0 radical (unpaired) electrons. The van der Waals surface area contributed by atoms with Crippen LogP contribution >= 0.6 is 0 Å². The molecule has 0 aliphatic heterocycles. The van der Waals surface area contributed by atoms with Gasteiger partial charge >= 0.3 is 0 Å². The molecule has 8 nitrogen and oxygen atoms in total. The van der Waals surface area contributed by atoms with Gasteiger partial charge in [-0.2, -0.15) is 0 Å². The zero-order valence-corrected chi connectivity index (χ0v) is 38.4. The first kappa shape index (κ1) is 44.6. The van der Waals surface area contributed by atoms with Gasteiger partial charge in [0, 0.05) is 47.9 Å². The van der Waals surface area contributed by atoms with E-state index >= 15 is 0 Å². The van der Waals surface area contributed by atoms with Crippen molar-refractivity contribution in [3.05, 3.63) is 143 Å². The summed E-state index contributed by atoms with van der Waals surface area (Å²) in [5.74, 6) is 3.83. The number of para-hydroxylation sites is 2. The van der Waals surface area contributed by atoms with Gasteiger partial charge in [-0.15, -0.1) is 0 Å². The summed E-state index contributed by atoms with van der Waals surface area (Å²) in [5.41, 5.74) is 11.5. The van der Waals surface area contributed by atoms with Crippen molar-refractivity contribution >= 4 is 0 Å². The largest absolute Gasteiger partial charge is 0.493 e. The van der Waals surface area contributed by atoms with Gasteiger partial charge in [0.2, 0.25) is 12.7 Å². The summed E-state index contributed by atoms with van der Waals surface area (Å²) in [4.78, 5) is 0. The van der Waals surface area contributed by atoms with E-state index in [1.807, 2.05) is 0 Å². The Morgan fingerprint density at radius 1 is 0.419 bits per heavy atom. The van der Waals surface area contributed by atoms with Crippen molar-refractivity contribution in [2.75, 3.05) is 26.4 Å². The molecule has 0 saturated carbocycles. The molecule has 328 valence electrons. The molecule has 1 aliphatic rings. The maximum absolute atomic E-state index is 6.85. The third-order valence-corrected chi connectivity index (χ3v) is 11.7. The zero-order valence-electron chi connectivity index (χ0n) is 38.4. The molecule has 2 heterocycles. The zero-order chi connectivity index (χ0) is 43.3. The molecule has 0 unspecified atom stereocenters. The molecule has 0 saturated heterocycles. The molecule has 7 rings (SSSR count). The SMILES string of the molecule is CCCC[n+]1ccn(-c2cc3c(OCCC)c(c2)Cc2cccc(c2OCCC)Cc2cc(-n4cc[n+](CCCC)c4)cc(c2OCCC)Cc2cccc(c2OCCC)C3)c1. The molecule has 2 aromatic heterocycles. The number of aromatic nitrogens is 4. The van der Waals surface area contributed by atoms with E-state index in [9.17, 15) is 0 Å². The monoisotopic (exact) mass is 839 g/mol. The fraction of sp³-hybridized carbons (Fsp3) is 0.444. The van der Waals surface area contributed by atoms with Gasteiger partial charge in [0.25, 0.3) is 0 Å². The van der Waals surface area contributed by atoms with Crippen LogP contribution in [0.25, 0.3) is 11.4 Å². The lowest BCUT2D eigenvalue weighted by Crippen LogP contribution is -2.30. The van der Waals surface area contributed by atoms with Crippen LogP contribution in [-0.2, 0) is 38.8 Å². The first-order valence-corrected chi connectivity index (χ1v) is 23.7. The van der Waals surface area contributed by atoms with E-state index in [4.69, 9.17) is 18.9 Å². The quantitative estimate of drug-likeness (QED) is 0.0718. The lowest BCUT2D eigenvalue weighted by atomic mass is 9.90. The fourth-order valence-corrected chi connectivity index (χ4v) is 8.55. The van der Waals surface area contributed by atoms with Crippen LogP contribution in [0.2, 0.25) is 0 Å². The molecule has 0 spiro atoms. The van der Waals surface area contributed by atoms with Crippen molar-refractivity contribution in [1.82, 2.24) is 9.13 Å². The van der Waals surface area contributed by atoms with E-state index in [0.29, 0.717) is 52.1 Å². The van der Waals surface area contributed by atoms with E-state index in [2.05, 4.69) is 158 Å². The summed E-state index contributed by atoms with van der Waals surface area (Å²) in [6, 6.07) is 22.7. The molecule has 0 amide bonds. The minimum absolute atomic E-state index is 0.635. The highest BCUT2D eigenvalue weighted by atomic mass is 16.5. The molecule has 0 atom stereocenters. The standard InChI is InChI=1S/C54H70N4O4/c1-7-13-21-55-23-25-57(39-55)49-35-45-31-41-17-15-19-43(51(41)59-27-9-3)33-47-37-50(58-26-24-56(40-58)22-14-8-2)38-48(54(47)62-30-12-6)34-44-20-16-18-42(52(44)60-28-10-4)32-46(36-49)53(45)61-29-11-5/h15-20,23-26,35-40H,7-14,21-22,27-34H2,1-6H3/q+2. The number of hydrogen-bond acceptors (Lipinski definition) is 4. The Bertz CT molecular complexity index is 2120. The van der Waals surface area contributed by atoms with Crippen molar-refractivity contribution in [3.63, 3.8) is 0 Å². The molecule has 62 heavy (non-hydrogen) atoms. The lowest BCUT2D eigenvalue weighted by molar-refractivity contribution is -0.696. The summed E-state index contributed by atoms with van der Waals surface area (Å²) < 4.78 is 36.5. The highest BCUT2D eigenvalue weighted by molar-refractivity contribution is 5.60. The minimum atomic E-state index is 0.635. The summed E-state index contributed by atoms with van der Waals surface area (Å²) in [6.45, 7) is 17.7. The second kappa shape index (κ2) is 22.0. The summed E-state index contributed by atoms with van der Waals surface area (Å²) in [5, 5.41) is 0. The topological polar surface area (TPSA) is 54.5 Å². The van der Waals surface area contributed by atoms with Gasteiger partial charge < -0.3 is 18.9 Å². The number of aryl methyl sites for hydroxylation is 2. The van der Waals surface area contributed by atoms with Gasteiger partial charge in [-0.25, -0.2) is 18.3 Å². The average molecular weight is 839 g/mol. The molecule has 1 aliphatic carbocycles. The van der Waals surface area contributed by atoms with Crippen LogP contribution in [0.4, 0.5) is 0 Å². The Hall–Kier alpha value is -5.50. The Kier molecular flexibility index (Phi) is 15.8. The predicted molar refractivity (Wildman–Crippen MR) is 249 cm³/mol. The van der Waals surface area contributed by atoms with Crippen molar-refractivity contribution < 1.29 is 28.1 Å². The minimum Gasteiger partial charge on any atom is -0.493 e. The third kappa shape index (κ3) is 10.7. The predicted octanol–water partition coefficient (Wildman–Crippen LogP) is 11.3. The van der Waals surface area contributed by atoms with Gasteiger partial charge in [0.1, 0.15) is 59.2 Å². The van der Waals surface area contributed by atoms with Crippen LogP contribution in [0.1, 0.15) is 137 Å². The summed E-state index contributed by atoms with van der Waals surface area (Å²) in [7, 11) is 0. The van der Waals surface area contributed by atoms with Gasteiger partial charge in [-0.05, 0) is 85.0 Å². The third-order valence-electron chi connectivity index (χ3n) is 11.7. The van der Waals surface area contributed by atoms with Gasteiger partial charge in [0.15, 0.2) is 0 Å². The maximum atomic E-state index is 6.85. The van der Waals surface area contributed by atoms with E-state index in [1.165, 1.54) is 0 Å². The molecule has 4 aromatic carbocycles. The fourth-order valence-electron chi connectivity index (χ4n) is 8.55. The van der Waals surface area contributed by atoms with Crippen LogP contribution < -0.4 is 28.1 Å². The number of fused-ring (bicyclic) bond motifs is 8. The Balaban J connectivity index is 1.48. The average Bonchev–Trinajstić information content (AvgIpc) is 3.97. The van der Waals surface area contributed by atoms with Crippen molar-refractivity contribution in [3.8, 4) is 34.4 Å². The van der Waals surface area contributed by atoms with E-state index in [1.54, 1.807) is 0 Å². The number of rotatable bonds is 20. The number of unbranched alkanes of at least 4 members (excludes halogenated alkanes) is 2. The highest BCUT2D eigenvalue weighted by Gasteiger charge is 2.25. The van der Waals surface area contributed by atoms with Gasteiger partial charge in [-0.3, -0.25) is 0 Å². The molecular formula is C54H70N4O4+2. The second-order valence-electron chi connectivity index (χ2n) is 16.9. The van der Waals surface area contributed by atoms with Gasteiger partial charge in [0.05, 0.1) is 39.5 Å². The maximum Gasteiger partial charge on any atom is 0.248 e. The first-order chi connectivity index (χ1) is 30.5. The number of imidazole rings is 2. The smallest absolute Gasteiger partial charge is 0.248 e. The molecular weight excluding hydrogens is 769 g/mol. The van der Waals surface area contributed by atoms with E-state index in [0.717, 1.165) is 143 Å². The summed E-state index contributed by atoms with van der Waals surface area (Å²) in [6.07, 6.45) is 24.1. The number of nitrogens with zero attached hydrogens (tertiary/aromatic N) is 4. The van der Waals surface area contributed by atoms with Crippen LogP contribution in [0.5, 0.6) is 23.0 Å². The van der Waals surface area contributed by atoms with Crippen molar-refractivity contribution in [2.24, 2.45) is 0 Å². The highest BCUT2D eigenvalue weighted by Crippen LogP contribution is 2.41. The Morgan fingerprint density at radius 3 is 1.02 bits per heavy atom. The van der Waals surface area contributed by atoms with Crippen LogP contribution in [0, 0.1) is 0 Å². The molecule has 6 aromatic rings. The molecule has 0 fully saturated rings. The lowest BCUT2D eigenvalue weighted by Gasteiger charge is -2.23. The van der Waals surface area contributed by atoms with Crippen molar-refractivity contribution in [2.45, 2.75) is 132 Å². The Labute approximate surface area is 371 Å². The number of hydrogen-bond donors (Lipinski definition) is 0. The molecule has 0 N–H and O–H groups in total. The van der Waals surface area contributed by atoms with Crippen LogP contribution in [-0.4, -0.2) is 35.6 Å². The number of benzene rings is 4. The van der Waals surface area contributed by atoms with Crippen molar-refractivity contribution in [1.29, 1.82) is 0 Å². The normalized spacial score (nSPS) is 12.4. The molecule has 8 heteroatoms. The van der Waals surface area contributed by atoms with Crippen LogP contribution in [0.3, 0.4) is 0 Å². The van der Waals surface area contributed by atoms with E-state index < -0.39 is 0 Å². The first-order valence-electron chi connectivity index (χ1n) is 23.7. The summed E-state index contributed by atoms with van der Waals surface area (Å²) >= 11 is 0. The van der Waals surface area contributed by atoms with Gasteiger partial charge in [-0.1, -0.05) is 90.8 Å². The molecule has 8 bridgehead atoms.